The number of unbranched alkanes of at least 4 members (excludes halogenated alkanes) is 3. The summed E-state index contributed by atoms with van der Waals surface area (Å²) in [4.78, 5) is 0. The third-order valence-electron chi connectivity index (χ3n) is 1.96. The lowest BCUT2D eigenvalue weighted by atomic mass is 10.1. The number of thiophene rings is 1. The fourth-order valence-electron chi connectivity index (χ4n) is 1.25. The van der Waals surface area contributed by atoms with Gasteiger partial charge >= 0.3 is 0 Å². The third kappa shape index (κ3) is 3.26. The first-order chi connectivity index (χ1) is 5.83. The van der Waals surface area contributed by atoms with E-state index in [-0.39, 0.29) is 0 Å². The maximum atomic E-state index is 9.07. The molecule has 0 aliphatic carbocycles. The highest BCUT2D eigenvalue weighted by Gasteiger charge is 1.96. The molecule has 0 aliphatic heterocycles. The lowest BCUT2D eigenvalue weighted by Gasteiger charge is -1.96. The SMILES string of the molecule is CCCCCCc1csc(O)c1. The Labute approximate surface area is 78.1 Å². The molecular formula is C10H16OS. The molecule has 68 valence electrons. The van der Waals surface area contributed by atoms with E-state index >= 15 is 0 Å². The quantitative estimate of drug-likeness (QED) is 0.693. The zero-order chi connectivity index (χ0) is 8.81. The van der Waals surface area contributed by atoms with Crippen LogP contribution in [0.3, 0.4) is 0 Å². The molecular weight excluding hydrogens is 168 g/mol. The normalized spacial score (nSPS) is 10.4. The summed E-state index contributed by atoms with van der Waals surface area (Å²) in [5.74, 6) is 0. The Morgan fingerprint density at radius 1 is 1.33 bits per heavy atom. The fraction of sp³-hybridized carbons (Fsp3) is 0.600. The van der Waals surface area contributed by atoms with E-state index < -0.39 is 0 Å². The maximum Gasteiger partial charge on any atom is 0.171 e. The summed E-state index contributed by atoms with van der Waals surface area (Å²) >= 11 is 1.42. The molecule has 1 heterocycles. The minimum absolute atomic E-state index is 0.445. The molecule has 0 amide bonds. The van der Waals surface area contributed by atoms with Gasteiger partial charge in [-0.05, 0) is 29.9 Å². The van der Waals surface area contributed by atoms with Crippen molar-refractivity contribution in [3.05, 3.63) is 17.0 Å². The molecule has 1 aromatic heterocycles. The summed E-state index contributed by atoms with van der Waals surface area (Å²) < 4.78 is 0. The summed E-state index contributed by atoms with van der Waals surface area (Å²) in [5, 5.41) is 11.6. The number of aryl methyl sites for hydroxylation is 1. The molecule has 12 heavy (non-hydrogen) atoms. The third-order valence-corrected chi connectivity index (χ3v) is 2.74. The van der Waals surface area contributed by atoms with Gasteiger partial charge < -0.3 is 5.11 Å². The number of aromatic hydroxyl groups is 1. The second kappa shape index (κ2) is 5.20. The molecule has 1 N–H and O–H groups in total. The van der Waals surface area contributed by atoms with Crippen LogP contribution in [-0.2, 0) is 6.42 Å². The second-order valence-electron chi connectivity index (χ2n) is 3.10. The molecule has 0 fully saturated rings. The zero-order valence-corrected chi connectivity index (χ0v) is 8.36. The predicted molar refractivity (Wildman–Crippen MR) is 53.8 cm³/mol. The number of hydrogen-bond donors (Lipinski definition) is 1. The van der Waals surface area contributed by atoms with Gasteiger partial charge in [0.1, 0.15) is 0 Å². The van der Waals surface area contributed by atoms with E-state index in [2.05, 4.69) is 6.92 Å². The topological polar surface area (TPSA) is 20.2 Å². The molecule has 0 unspecified atom stereocenters. The van der Waals surface area contributed by atoms with Crippen molar-refractivity contribution in [2.75, 3.05) is 0 Å². The Morgan fingerprint density at radius 3 is 2.75 bits per heavy atom. The van der Waals surface area contributed by atoms with Crippen molar-refractivity contribution in [1.29, 1.82) is 0 Å². The fourth-order valence-corrected chi connectivity index (χ4v) is 1.93. The van der Waals surface area contributed by atoms with Gasteiger partial charge in [0.05, 0.1) is 0 Å². The van der Waals surface area contributed by atoms with Crippen LogP contribution in [0.2, 0.25) is 0 Å². The number of rotatable bonds is 5. The highest BCUT2D eigenvalue weighted by molar-refractivity contribution is 7.11. The Kier molecular flexibility index (Phi) is 4.15. The first-order valence-electron chi connectivity index (χ1n) is 4.59. The summed E-state index contributed by atoms with van der Waals surface area (Å²) in [6.07, 6.45) is 6.30. The van der Waals surface area contributed by atoms with Crippen molar-refractivity contribution in [3.8, 4) is 5.06 Å². The molecule has 0 spiro atoms. The van der Waals surface area contributed by atoms with Gasteiger partial charge in [0.2, 0.25) is 0 Å². The van der Waals surface area contributed by atoms with Gasteiger partial charge in [-0.2, -0.15) is 0 Å². The van der Waals surface area contributed by atoms with E-state index in [0.717, 1.165) is 6.42 Å². The smallest absolute Gasteiger partial charge is 0.171 e. The molecule has 0 radical (unpaired) electrons. The lowest BCUT2D eigenvalue weighted by molar-refractivity contribution is 0.490. The van der Waals surface area contributed by atoms with Crippen LogP contribution >= 0.6 is 11.3 Å². The van der Waals surface area contributed by atoms with Crippen molar-refractivity contribution >= 4 is 11.3 Å². The van der Waals surface area contributed by atoms with Crippen molar-refractivity contribution in [3.63, 3.8) is 0 Å². The molecule has 0 aliphatic rings. The molecule has 1 nitrogen and oxygen atoms in total. The van der Waals surface area contributed by atoms with Gasteiger partial charge in [-0.3, -0.25) is 0 Å². The van der Waals surface area contributed by atoms with Gasteiger partial charge in [0, 0.05) is 0 Å². The van der Waals surface area contributed by atoms with Crippen LogP contribution < -0.4 is 0 Å². The van der Waals surface area contributed by atoms with Crippen LogP contribution in [0.5, 0.6) is 5.06 Å². The van der Waals surface area contributed by atoms with Gasteiger partial charge in [-0.25, -0.2) is 0 Å². The zero-order valence-electron chi connectivity index (χ0n) is 7.55. The summed E-state index contributed by atoms with van der Waals surface area (Å²) in [6, 6.07) is 1.87. The average Bonchev–Trinajstić information content (AvgIpc) is 2.45. The highest BCUT2D eigenvalue weighted by atomic mass is 32.1. The molecule has 0 saturated heterocycles. The first kappa shape index (κ1) is 9.59. The monoisotopic (exact) mass is 184 g/mol. The molecule has 0 bridgehead atoms. The van der Waals surface area contributed by atoms with E-state index in [1.807, 2.05) is 11.4 Å². The lowest BCUT2D eigenvalue weighted by Crippen LogP contribution is -1.81. The summed E-state index contributed by atoms with van der Waals surface area (Å²) in [6.45, 7) is 2.22. The minimum Gasteiger partial charge on any atom is -0.499 e. The average molecular weight is 184 g/mol. The Bertz CT molecular complexity index is 217. The van der Waals surface area contributed by atoms with Crippen LogP contribution in [0.1, 0.15) is 38.2 Å². The van der Waals surface area contributed by atoms with E-state index in [1.54, 1.807) is 0 Å². The minimum atomic E-state index is 0.445. The van der Waals surface area contributed by atoms with Crippen molar-refractivity contribution in [1.82, 2.24) is 0 Å². The van der Waals surface area contributed by atoms with Crippen LogP contribution in [0.15, 0.2) is 11.4 Å². The Hall–Kier alpha value is -0.500. The van der Waals surface area contributed by atoms with Crippen molar-refractivity contribution < 1.29 is 5.11 Å². The van der Waals surface area contributed by atoms with Crippen LogP contribution in [0.4, 0.5) is 0 Å². The van der Waals surface area contributed by atoms with Crippen LogP contribution in [-0.4, -0.2) is 5.11 Å². The van der Waals surface area contributed by atoms with Crippen molar-refractivity contribution in [2.24, 2.45) is 0 Å². The van der Waals surface area contributed by atoms with Gasteiger partial charge in [-0.1, -0.05) is 26.2 Å². The summed E-state index contributed by atoms with van der Waals surface area (Å²) in [7, 11) is 0. The molecule has 1 aromatic rings. The van der Waals surface area contributed by atoms with E-state index in [4.69, 9.17) is 5.11 Å². The van der Waals surface area contributed by atoms with E-state index in [9.17, 15) is 0 Å². The largest absolute Gasteiger partial charge is 0.499 e. The summed E-state index contributed by atoms with van der Waals surface area (Å²) in [5.41, 5.74) is 1.29. The van der Waals surface area contributed by atoms with Crippen LogP contribution in [0, 0.1) is 0 Å². The molecule has 2 heteroatoms. The molecule has 0 aromatic carbocycles. The van der Waals surface area contributed by atoms with Gasteiger partial charge in [0.15, 0.2) is 5.06 Å². The molecule has 1 rings (SSSR count). The van der Waals surface area contributed by atoms with Gasteiger partial charge in [0.25, 0.3) is 0 Å². The van der Waals surface area contributed by atoms with Gasteiger partial charge in [-0.15, -0.1) is 11.3 Å². The first-order valence-corrected chi connectivity index (χ1v) is 5.47. The van der Waals surface area contributed by atoms with Crippen molar-refractivity contribution in [2.45, 2.75) is 39.0 Å². The standard InChI is InChI=1S/C10H16OS/c1-2-3-4-5-6-9-7-10(11)12-8-9/h7-8,11H,2-6H2,1H3. The predicted octanol–water partition coefficient (Wildman–Crippen LogP) is 3.58. The maximum absolute atomic E-state index is 9.07. The Morgan fingerprint density at radius 2 is 2.17 bits per heavy atom. The van der Waals surface area contributed by atoms with Crippen LogP contribution in [0.25, 0.3) is 0 Å². The second-order valence-corrected chi connectivity index (χ2v) is 3.99. The molecule has 0 saturated carbocycles. The molecule has 0 atom stereocenters. The number of hydrogen-bond acceptors (Lipinski definition) is 2. The highest BCUT2D eigenvalue weighted by Crippen LogP contribution is 2.22. The van der Waals surface area contributed by atoms with E-state index in [0.29, 0.717) is 5.06 Å². The Balaban J connectivity index is 2.15. The van der Waals surface area contributed by atoms with E-state index in [1.165, 1.54) is 42.6 Å².